The average molecular weight is 380 g/mol. The third kappa shape index (κ3) is 3.13. The van der Waals surface area contributed by atoms with E-state index in [4.69, 9.17) is 5.73 Å². The molecule has 0 radical (unpaired) electrons. The highest BCUT2D eigenvalue weighted by Gasteiger charge is 2.17. The summed E-state index contributed by atoms with van der Waals surface area (Å²) in [5.41, 5.74) is 10.2. The second-order valence-electron chi connectivity index (χ2n) is 6.22. The Kier molecular flexibility index (Phi) is 3.88. The van der Waals surface area contributed by atoms with E-state index in [0.717, 1.165) is 22.1 Å². The summed E-state index contributed by atoms with van der Waals surface area (Å²) in [6, 6.07) is 8.48. The van der Waals surface area contributed by atoms with E-state index < -0.39 is 9.84 Å². The van der Waals surface area contributed by atoms with Gasteiger partial charge in [-0.1, -0.05) is 12.1 Å². The molecule has 0 bridgehead atoms. The molecule has 3 aromatic heterocycles. The largest absolute Gasteiger partial charge is 0.368 e. The van der Waals surface area contributed by atoms with Gasteiger partial charge in [-0.15, -0.1) is 0 Å². The maximum Gasteiger partial charge on any atom is 0.220 e. The van der Waals surface area contributed by atoms with Crippen molar-refractivity contribution in [3.8, 4) is 22.4 Å². The molecular formula is C18H16N6O2S. The van der Waals surface area contributed by atoms with Crippen molar-refractivity contribution in [2.75, 3.05) is 12.0 Å². The van der Waals surface area contributed by atoms with Gasteiger partial charge in [-0.25, -0.2) is 23.4 Å². The van der Waals surface area contributed by atoms with Gasteiger partial charge in [0.15, 0.2) is 15.5 Å². The predicted octanol–water partition coefficient (Wildman–Crippen LogP) is 2.38. The lowest BCUT2D eigenvalue weighted by Gasteiger charge is -2.13. The Morgan fingerprint density at radius 2 is 1.78 bits per heavy atom. The third-order valence-electron chi connectivity index (χ3n) is 4.24. The molecule has 1 aromatic carbocycles. The summed E-state index contributed by atoms with van der Waals surface area (Å²) in [6.07, 6.45) is 4.59. The summed E-state index contributed by atoms with van der Waals surface area (Å²) in [6.45, 7) is 1.85. The Balaban J connectivity index is 1.92. The Hall–Kier alpha value is -3.33. The molecule has 136 valence electrons. The van der Waals surface area contributed by atoms with Crippen LogP contribution >= 0.6 is 0 Å². The molecule has 0 unspecified atom stereocenters. The summed E-state index contributed by atoms with van der Waals surface area (Å²) in [4.78, 5) is 13.3. The lowest BCUT2D eigenvalue weighted by atomic mass is 9.98. The van der Waals surface area contributed by atoms with Crippen LogP contribution in [0.25, 0.3) is 33.4 Å². The van der Waals surface area contributed by atoms with Crippen molar-refractivity contribution in [2.24, 2.45) is 0 Å². The molecule has 0 aliphatic rings. The Bertz CT molecular complexity index is 1260. The number of aryl methyl sites for hydroxylation is 1. The van der Waals surface area contributed by atoms with E-state index in [-0.39, 0.29) is 10.8 Å². The first-order valence-corrected chi connectivity index (χ1v) is 9.96. The molecule has 0 saturated carbocycles. The number of anilines is 1. The fourth-order valence-corrected chi connectivity index (χ4v) is 3.61. The number of nitrogens with one attached hydrogen (secondary N) is 1. The molecule has 0 amide bonds. The quantitative estimate of drug-likeness (QED) is 0.558. The van der Waals surface area contributed by atoms with Crippen LogP contribution in [0, 0.1) is 6.92 Å². The van der Waals surface area contributed by atoms with Crippen molar-refractivity contribution >= 4 is 26.8 Å². The zero-order chi connectivity index (χ0) is 19.2. The fraction of sp³-hybridized carbons (Fsp3) is 0.111. The van der Waals surface area contributed by atoms with Crippen LogP contribution < -0.4 is 5.73 Å². The third-order valence-corrected chi connectivity index (χ3v) is 5.37. The number of benzene rings is 1. The van der Waals surface area contributed by atoms with E-state index in [1.165, 1.54) is 6.26 Å². The van der Waals surface area contributed by atoms with Crippen molar-refractivity contribution in [2.45, 2.75) is 11.8 Å². The van der Waals surface area contributed by atoms with Gasteiger partial charge < -0.3 is 5.73 Å². The van der Waals surface area contributed by atoms with Crippen molar-refractivity contribution in [3.63, 3.8) is 0 Å². The van der Waals surface area contributed by atoms with Crippen molar-refractivity contribution in [1.29, 1.82) is 0 Å². The number of H-pyrrole nitrogens is 1. The number of aromatic nitrogens is 5. The number of hydrogen-bond donors (Lipinski definition) is 2. The van der Waals surface area contributed by atoms with Crippen LogP contribution in [0.4, 0.5) is 5.95 Å². The van der Waals surface area contributed by atoms with Crippen LogP contribution in [-0.2, 0) is 9.84 Å². The van der Waals surface area contributed by atoms with Crippen LogP contribution in [-0.4, -0.2) is 39.8 Å². The molecule has 4 rings (SSSR count). The summed E-state index contributed by atoms with van der Waals surface area (Å²) >= 11 is 0. The van der Waals surface area contributed by atoms with E-state index in [0.29, 0.717) is 17.0 Å². The topological polar surface area (TPSA) is 128 Å². The van der Waals surface area contributed by atoms with Crippen molar-refractivity contribution < 1.29 is 8.42 Å². The average Bonchev–Trinajstić information content (AvgIpc) is 3.08. The molecule has 4 aromatic rings. The first-order chi connectivity index (χ1) is 12.8. The number of fused-ring (bicyclic) bond motifs is 1. The minimum absolute atomic E-state index is 0.149. The SMILES string of the molecule is Cc1nc(N)nc(-c2ccc(S(C)(=O)=O)cc2)c1-c1cnc2[nH]ncc2c1. The fourth-order valence-electron chi connectivity index (χ4n) is 2.98. The predicted molar refractivity (Wildman–Crippen MR) is 103 cm³/mol. The van der Waals surface area contributed by atoms with Crippen LogP contribution in [0.1, 0.15) is 5.69 Å². The van der Waals surface area contributed by atoms with Crippen molar-refractivity contribution in [3.05, 3.63) is 48.4 Å². The monoisotopic (exact) mass is 380 g/mol. The first-order valence-electron chi connectivity index (χ1n) is 8.07. The van der Waals surface area contributed by atoms with Crippen LogP contribution in [0.3, 0.4) is 0 Å². The Morgan fingerprint density at radius 1 is 1.04 bits per heavy atom. The van der Waals surface area contributed by atoms with Gasteiger partial charge in [-0.3, -0.25) is 5.10 Å². The number of rotatable bonds is 3. The van der Waals surface area contributed by atoms with E-state index in [2.05, 4.69) is 25.1 Å². The molecule has 0 saturated heterocycles. The second-order valence-corrected chi connectivity index (χ2v) is 8.23. The van der Waals surface area contributed by atoms with Gasteiger partial charge >= 0.3 is 0 Å². The van der Waals surface area contributed by atoms with E-state index in [1.54, 1.807) is 36.7 Å². The van der Waals surface area contributed by atoms with E-state index in [1.807, 2.05) is 13.0 Å². The summed E-state index contributed by atoms with van der Waals surface area (Å²) in [5.74, 6) is 0.149. The molecule has 0 aliphatic carbocycles. The maximum atomic E-state index is 11.7. The normalized spacial score (nSPS) is 11.8. The van der Waals surface area contributed by atoms with Gasteiger partial charge in [0.1, 0.15) is 0 Å². The first kappa shape index (κ1) is 17.1. The molecular weight excluding hydrogens is 364 g/mol. The van der Waals surface area contributed by atoms with Crippen molar-refractivity contribution in [1.82, 2.24) is 25.1 Å². The second kappa shape index (κ2) is 6.13. The summed E-state index contributed by atoms with van der Waals surface area (Å²) < 4.78 is 23.4. The lowest BCUT2D eigenvalue weighted by Crippen LogP contribution is -2.03. The number of nitrogens with zero attached hydrogens (tertiary/aromatic N) is 4. The van der Waals surface area contributed by atoms with Crippen LogP contribution in [0.15, 0.2) is 47.6 Å². The van der Waals surface area contributed by atoms with Gasteiger partial charge in [0.25, 0.3) is 0 Å². The molecule has 3 N–H and O–H groups in total. The van der Waals surface area contributed by atoms with Crippen LogP contribution in [0.2, 0.25) is 0 Å². The minimum atomic E-state index is -3.28. The molecule has 0 fully saturated rings. The van der Waals surface area contributed by atoms with Gasteiger partial charge in [-0.05, 0) is 25.1 Å². The Labute approximate surface area is 155 Å². The van der Waals surface area contributed by atoms with E-state index >= 15 is 0 Å². The number of pyridine rings is 1. The minimum Gasteiger partial charge on any atom is -0.368 e. The zero-order valence-electron chi connectivity index (χ0n) is 14.6. The smallest absolute Gasteiger partial charge is 0.220 e. The number of nitrogens with two attached hydrogens (primary N) is 1. The van der Waals surface area contributed by atoms with Crippen LogP contribution in [0.5, 0.6) is 0 Å². The summed E-state index contributed by atoms with van der Waals surface area (Å²) in [7, 11) is -3.28. The molecule has 0 atom stereocenters. The highest BCUT2D eigenvalue weighted by atomic mass is 32.2. The molecule has 3 heterocycles. The number of aromatic amines is 1. The van der Waals surface area contributed by atoms with Gasteiger partial charge in [0, 0.05) is 34.5 Å². The molecule has 9 heteroatoms. The Morgan fingerprint density at radius 3 is 2.48 bits per heavy atom. The maximum absolute atomic E-state index is 11.7. The van der Waals surface area contributed by atoms with Gasteiger partial charge in [0.2, 0.25) is 5.95 Å². The van der Waals surface area contributed by atoms with Gasteiger partial charge in [-0.2, -0.15) is 5.10 Å². The highest BCUT2D eigenvalue weighted by molar-refractivity contribution is 7.90. The molecule has 0 spiro atoms. The molecule has 8 nitrogen and oxygen atoms in total. The van der Waals surface area contributed by atoms with Gasteiger partial charge in [0.05, 0.1) is 22.5 Å². The number of hydrogen-bond acceptors (Lipinski definition) is 7. The highest BCUT2D eigenvalue weighted by Crippen LogP contribution is 2.34. The lowest BCUT2D eigenvalue weighted by molar-refractivity contribution is 0.602. The zero-order valence-corrected chi connectivity index (χ0v) is 15.4. The van der Waals surface area contributed by atoms with E-state index in [9.17, 15) is 8.42 Å². The molecule has 27 heavy (non-hydrogen) atoms. The molecule has 0 aliphatic heterocycles. The number of sulfone groups is 1. The summed E-state index contributed by atoms with van der Waals surface area (Å²) in [5, 5.41) is 7.67. The standard InChI is InChI=1S/C18H16N6O2S/c1-10-15(12-7-13-9-21-24-17(13)20-8-12)16(23-18(19)22-10)11-3-5-14(6-4-11)27(2,25)26/h3-9H,1-2H3,(H2,19,22,23)(H,20,21,24). The number of nitrogen functional groups attached to an aromatic ring is 1.